The highest BCUT2D eigenvalue weighted by Gasteiger charge is 2.11. The molecule has 1 atom stereocenters. The van der Waals surface area contributed by atoms with E-state index >= 15 is 0 Å². The highest BCUT2D eigenvalue weighted by molar-refractivity contribution is 5.92. The van der Waals surface area contributed by atoms with Crippen LogP contribution in [0.15, 0.2) is 29.3 Å². The summed E-state index contributed by atoms with van der Waals surface area (Å²) in [6, 6.07) is 4.13. The van der Waals surface area contributed by atoms with Gasteiger partial charge in [0.25, 0.3) is 5.56 Å². The van der Waals surface area contributed by atoms with Crippen molar-refractivity contribution in [3.8, 4) is 0 Å². The minimum Gasteiger partial charge on any atom is -0.478 e. The molecule has 7 nitrogen and oxygen atoms in total. The zero-order valence-electron chi connectivity index (χ0n) is 12.4. The van der Waals surface area contributed by atoms with Crippen LogP contribution < -0.4 is 10.9 Å². The van der Waals surface area contributed by atoms with Gasteiger partial charge in [0.1, 0.15) is 6.54 Å². The topological polar surface area (TPSA) is 101 Å². The summed E-state index contributed by atoms with van der Waals surface area (Å²) in [4.78, 5) is 39.1. The van der Waals surface area contributed by atoms with Gasteiger partial charge in [-0.15, -0.1) is 0 Å². The lowest BCUT2D eigenvalue weighted by atomic mass is 10.1. The van der Waals surface area contributed by atoms with Crippen molar-refractivity contribution in [1.82, 2.24) is 14.9 Å². The Labute approximate surface area is 126 Å². The second kappa shape index (κ2) is 6.38. The normalized spacial score (nSPS) is 12.1. The van der Waals surface area contributed by atoms with Crippen molar-refractivity contribution in [3.05, 3.63) is 40.4 Å². The van der Waals surface area contributed by atoms with Crippen LogP contribution in [0.25, 0.3) is 10.9 Å². The second-order valence-electron chi connectivity index (χ2n) is 5.09. The fourth-order valence-corrected chi connectivity index (χ4v) is 1.98. The lowest BCUT2D eigenvalue weighted by Gasteiger charge is -2.12. The first kappa shape index (κ1) is 15.7. The number of carbonyl (C=O) groups is 2. The number of carboxylic acid groups (broad SMARTS) is 1. The average molecular weight is 303 g/mol. The molecule has 1 aromatic heterocycles. The predicted octanol–water partition coefficient (Wildman–Crippen LogP) is 1.01. The molecule has 0 aliphatic rings. The van der Waals surface area contributed by atoms with Gasteiger partial charge in [0.05, 0.1) is 22.8 Å². The molecule has 0 aliphatic carbocycles. The summed E-state index contributed by atoms with van der Waals surface area (Å²) < 4.78 is 1.21. The smallest absolute Gasteiger partial charge is 0.335 e. The Balaban J connectivity index is 2.31. The molecule has 0 saturated heterocycles. The maximum absolute atomic E-state index is 12.3. The Morgan fingerprint density at radius 1 is 1.41 bits per heavy atom. The van der Waals surface area contributed by atoms with Gasteiger partial charge in [-0.1, -0.05) is 6.92 Å². The van der Waals surface area contributed by atoms with Crippen LogP contribution in [0.4, 0.5) is 0 Å². The standard InChI is InChI=1S/C15H17N3O4/c1-3-9(2)17-13(19)7-18-8-16-12-6-10(15(21)22)4-5-11(12)14(18)20/h4-6,8-9H,3,7H2,1-2H3,(H,17,19)(H,21,22)/t9-/m0/s1. The number of aromatic carboxylic acids is 1. The Kier molecular flexibility index (Phi) is 4.55. The minimum atomic E-state index is -1.08. The van der Waals surface area contributed by atoms with E-state index in [2.05, 4.69) is 10.3 Å². The number of aromatic nitrogens is 2. The molecule has 1 amide bonds. The van der Waals surface area contributed by atoms with Crippen molar-refractivity contribution in [2.75, 3.05) is 0 Å². The van der Waals surface area contributed by atoms with E-state index in [0.717, 1.165) is 6.42 Å². The Hall–Kier alpha value is -2.70. The fraction of sp³-hybridized carbons (Fsp3) is 0.333. The number of hydrogen-bond donors (Lipinski definition) is 2. The highest BCUT2D eigenvalue weighted by atomic mass is 16.4. The molecule has 0 saturated carbocycles. The molecular weight excluding hydrogens is 286 g/mol. The zero-order chi connectivity index (χ0) is 16.3. The maximum atomic E-state index is 12.3. The summed E-state index contributed by atoms with van der Waals surface area (Å²) in [5.74, 6) is -1.35. The van der Waals surface area contributed by atoms with Crippen LogP contribution >= 0.6 is 0 Å². The van der Waals surface area contributed by atoms with Crippen LogP contribution in [0.1, 0.15) is 30.6 Å². The number of hydrogen-bond acceptors (Lipinski definition) is 4. The van der Waals surface area contributed by atoms with Gasteiger partial charge in [-0.25, -0.2) is 9.78 Å². The van der Waals surface area contributed by atoms with Gasteiger partial charge in [0.15, 0.2) is 0 Å². The number of nitrogens with zero attached hydrogens (tertiary/aromatic N) is 2. The second-order valence-corrected chi connectivity index (χ2v) is 5.09. The lowest BCUT2D eigenvalue weighted by molar-refractivity contribution is -0.122. The molecule has 0 aliphatic heterocycles. The third-order valence-corrected chi connectivity index (χ3v) is 3.41. The summed E-state index contributed by atoms with van der Waals surface area (Å²) in [5.41, 5.74) is -0.0172. The third-order valence-electron chi connectivity index (χ3n) is 3.41. The van der Waals surface area contributed by atoms with Gasteiger partial charge in [-0.2, -0.15) is 0 Å². The minimum absolute atomic E-state index is 0.0368. The first-order valence-electron chi connectivity index (χ1n) is 6.94. The molecule has 1 heterocycles. The first-order chi connectivity index (χ1) is 10.4. The summed E-state index contributed by atoms with van der Waals surface area (Å²) in [7, 11) is 0. The molecule has 0 spiro atoms. The van der Waals surface area contributed by atoms with E-state index in [-0.39, 0.29) is 35.0 Å². The summed E-state index contributed by atoms with van der Waals surface area (Å²) in [5, 5.41) is 12.0. The number of amides is 1. The van der Waals surface area contributed by atoms with E-state index < -0.39 is 5.97 Å². The largest absolute Gasteiger partial charge is 0.478 e. The van der Waals surface area contributed by atoms with Crippen LogP contribution in [0.5, 0.6) is 0 Å². The number of carbonyl (C=O) groups excluding carboxylic acids is 1. The Morgan fingerprint density at radius 2 is 2.14 bits per heavy atom. The SMILES string of the molecule is CC[C@H](C)NC(=O)Cn1cnc2cc(C(=O)O)ccc2c1=O. The molecule has 0 fully saturated rings. The number of nitrogens with one attached hydrogen (secondary N) is 1. The zero-order valence-corrected chi connectivity index (χ0v) is 12.4. The number of rotatable bonds is 5. The molecule has 116 valence electrons. The monoisotopic (exact) mass is 303 g/mol. The molecule has 0 radical (unpaired) electrons. The van der Waals surface area contributed by atoms with Gasteiger partial charge in [-0.3, -0.25) is 14.2 Å². The Morgan fingerprint density at radius 3 is 2.77 bits per heavy atom. The molecule has 0 bridgehead atoms. The van der Waals surface area contributed by atoms with E-state index in [0.29, 0.717) is 5.52 Å². The van der Waals surface area contributed by atoms with Gasteiger partial charge < -0.3 is 10.4 Å². The van der Waals surface area contributed by atoms with Crippen molar-refractivity contribution < 1.29 is 14.7 Å². The van der Waals surface area contributed by atoms with E-state index in [1.165, 1.54) is 29.1 Å². The molecule has 22 heavy (non-hydrogen) atoms. The molecule has 1 aromatic carbocycles. The van der Waals surface area contributed by atoms with Crippen LogP contribution in [0.2, 0.25) is 0 Å². The molecule has 2 N–H and O–H groups in total. The van der Waals surface area contributed by atoms with Crippen molar-refractivity contribution in [2.24, 2.45) is 0 Å². The molecule has 2 rings (SSSR count). The highest BCUT2D eigenvalue weighted by Crippen LogP contribution is 2.10. The van der Waals surface area contributed by atoms with Gasteiger partial charge in [-0.05, 0) is 31.5 Å². The van der Waals surface area contributed by atoms with Crippen LogP contribution in [-0.4, -0.2) is 32.6 Å². The average Bonchev–Trinajstić information content (AvgIpc) is 2.49. The van der Waals surface area contributed by atoms with Gasteiger partial charge in [0, 0.05) is 6.04 Å². The molecule has 7 heteroatoms. The van der Waals surface area contributed by atoms with Crippen molar-refractivity contribution in [2.45, 2.75) is 32.9 Å². The molecule has 0 unspecified atom stereocenters. The van der Waals surface area contributed by atoms with E-state index in [1.807, 2.05) is 13.8 Å². The summed E-state index contributed by atoms with van der Waals surface area (Å²) in [6.07, 6.45) is 2.06. The predicted molar refractivity (Wildman–Crippen MR) is 80.9 cm³/mol. The van der Waals surface area contributed by atoms with Gasteiger partial charge in [0.2, 0.25) is 5.91 Å². The number of carboxylic acids is 1. The summed E-state index contributed by atoms with van der Waals surface area (Å²) >= 11 is 0. The number of fused-ring (bicyclic) bond motifs is 1. The number of benzene rings is 1. The maximum Gasteiger partial charge on any atom is 0.335 e. The van der Waals surface area contributed by atoms with E-state index in [4.69, 9.17) is 5.11 Å². The molecular formula is C15H17N3O4. The van der Waals surface area contributed by atoms with E-state index in [9.17, 15) is 14.4 Å². The van der Waals surface area contributed by atoms with Crippen molar-refractivity contribution in [1.29, 1.82) is 0 Å². The lowest BCUT2D eigenvalue weighted by Crippen LogP contribution is -2.37. The van der Waals surface area contributed by atoms with Crippen LogP contribution in [0, 0.1) is 0 Å². The van der Waals surface area contributed by atoms with Crippen molar-refractivity contribution >= 4 is 22.8 Å². The fourth-order valence-electron chi connectivity index (χ4n) is 1.98. The summed E-state index contributed by atoms with van der Waals surface area (Å²) in [6.45, 7) is 3.72. The van der Waals surface area contributed by atoms with Crippen molar-refractivity contribution in [3.63, 3.8) is 0 Å². The van der Waals surface area contributed by atoms with Crippen LogP contribution in [0.3, 0.4) is 0 Å². The third kappa shape index (κ3) is 3.30. The van der Waals surface area contributed by atoms with Crippen LogP contribution in [-0.2, 0) is 11.3 Å². The van der Waals surface area contributed by atoms with Gasteiger partial charge >= 0.3 is 5.97 Å². The Bertz CT molecular complexity index is 782. The quantitative estimate of drug-likeness (QED) is 0.858. The van der Waals surface area contributed by atoms with E-state index in [1.54, 1.807) is 0 Å². The molecule has 2 aromatic rings. The first-order valence-corrected chi connectivity index (χ1v) is 6.94.